The Bertz CT molecular complexity index is 1520. The molecular weight excluding hydrogens is 650 g/mol. The first kappa shape index (κ1) is 31.9. The van der Waals surface area contributed by atoms with Gasteiger partial charge in [-0.1, -0.05) is 23.2 Å². The molecule has 3 fully saturated rings. The number of anilines is 1. The van der Waals surface area contributed by atoms with Gasteiger partial charge in [-0.3, -0.25) is 19.3 Å². The van der Waals surface area contributed by atoms with Gasteiger partial charge in [0.2, 0.25) is 0 Å². The number of carbonyl (C=O) groups is 3. The van der Waals surface area contributed by atoms with Crippen molar-refractivity contribution in [3.05, 3.63) is 52.0 Å². The van der Waals surface area contributed by atoms with E-state index in [2.05, 4.69) is 10.6 Å². The number of nitrogens with zero attached hydrogens (tertiary/aromatic N) is 1. The van der Waals surface area contributed by atoms with E-state index in [0.717, 1.165) is 17.7 Å². The quantitative estimate of drug-likeness (QED) is 0.376. The van der Waals surface area contributed by atoms with Crippen LogP contribution in [-0.4, -0.2) is 66.1 Å². The van der Waals surface area contributed by atoms with E-state index in [1.54, 1.807) is 25.1 Å². The highest BCUT2D eigenvalue weighted by Crippen LogP contribution is 2.60. The zero-order valence-corrected chi connectivity index (χ0v) is 24.0. The lowest BCUT2D eigenvalue weighted by Gasteiger charge is -2.70. The monoisotopic (exact) mass is 671 g/mol. The average Bonchev–Trinajstić information content (AvgIpc) is 2.90. The lowest BCUT2D eigenvalue weighted by Crippen LogP contribution is -2.84. The Morgan fingerprint density at radius 2 is 1.61 bits per heavy atom. The van der Waals surface area contributed by atoms with Crippen LogP contribution in [0.5, 0.6) is 11.5 Å². The second-order valence-electron chi connectivity index (χ2n) is 11.1. The average molecular weight is 672 g/mol. The zero-order chi connectivity index (χ0) is 32.5. The number of benzene rings is 2. The summed E-state index contributed by atoms with van der Waals surface area (Å²) in [5.74, 6) is -17.2. The first-order valence-electron chi connectivity index (χ1n) is 12.9. The van der Waals surface area contributed by atoms with E-state index in [1.165, 1.54) is 6.07 Å². The molecule has 0 saturated heterocycles. The second kappa shape index (κ2) is 10.6. The number of aryl methyl sites for hydroxylation is 1. The van der Waals surface area contributed by atoms with Crippen molar-refractivity contribution in [3.8, 4) is 11.5 Å². The summed E-state index contributed by atoms with van der Waals surface area (Å²) in [6, 6.07) is 7.98. The molecule has 1 unspecified atom stereocenters. The number of hydrogen-bond donors (Lipinski definition) is 2. The molecular formula is C27H22Cl2F7N3O5. The van der Waals surface area contributed by atoms with Gasteiger partial charge in [-0.15, -0.1) is 0 Å². The van der Waals surface area contributed by atoms with Gasteiger partial charge in [-0.25, -0.2) is 0 Å². The largest absolute Gasteiger partial charge is 0.484 e. The SMILES string of the molecule is Cc1cc(OCC(=O)NC23CC(NC(=O)C4CN(C(=O)C(F)(F)C(F)(F)C(F)(F)F)c5cc(Cl)ccc5O4)(C2)C3)ccc1Cl. The molecule has 4 aliphatic rings. The fourth-order valence-electron chi connectivity index (χ4n) is 5.65. The molecule has 2 N–H and O–H groups in total. The summed E-state index contributed by atoms with van der Waals surface area (Å²) >= 11 is 11.8. The van der Waals surface area contributed by atoms with Crippen molar-refractivity contribution in [3.63, 3.8) is 0 Å². The summed E-state index contributed by atoms with van der Waals surface area (Å²) in [6.45, 7) is 0.374. The summed E-state index contributed by atoms with van der Waals surface area (Å²) in [5, 5.41) is 5.85. The molecule has 17 heteroatoms. The number of ether oxygens (including phenoxy) is 2. The van der Waals surface area contributed by atoms with Crippen LogP contribution in [0.3, 0.4) is 0 Å². The molecule has 2 aromatic rings. The number of fused-ring (bicyclic) bond motifs is 1. The first-order valence-corrected chi connectivity index (χ1v) is 13.7. The number of hydrogen-bond acceptors (Lipinski definition) is 5. The van der Waals surface area contributed by atoms with E-state index in [1.807, 2.05) is 0 Å². The van der Waals surface area contributed by atoms with E-state index in [0.29, 0.717) is 10.8 Å². The third-order valence-corrected chi connectivity index (χ3v) is 8.37. The topological polar surface area (TPSA) is 97.0 Å². The van der Waals surface area contributed by atoms with Crippen LogP contribution in [0.25, 0.3) is 0 Å². The maximum absolute atomic E-state index is 14.4. The molecule has 3 saturated carbocycles. The van der Waals surface area contributed by atoms with Gasteiger partial charge in [0.15, 0.2) is 12.7 Å². The van der Waals surface area contributed by atoms with Crippen molar-refractivity contribution in [2.24, 2.45) is 0 Å². The van der Waals surface area contributed by atoms with Gasteiger partial charge in [0.05, 0.1) is 12.2 Å². The van der Waals surface area contributed by atoms with Crippen molar-refractivity contribution >= 4 is 46.6 Å². The molecule has 2 bridgehead atoms. The molecule has 3 amide bonds. The molecule has 0 radical (unpaired) electrons. The van der Waals surface area contributed by atoms with Gasteiger partial charge >= 0.3 is 23.9 Å². The highest BCUT2D eigenvalue weighted by Gasteiger charge is 2.77. The van der Waals surface area contributed by atoms with Gasteiger partial charge in [0, 0.05) is 21.1 Å². The molecule has 6 rings (SSSR count). The number of amides is 3. The van der Waals surface area contributed by atoms with Gasteiger partial charge in [-0.05, 0) is 68.1 Å². The minimum atomic E-state index is -6.75. The molecule has 8 nitrogen and oxygen atoms in total. The van der Waals surface area contributed by atoms with Crippen molar-refractivity contribution in [1.29, 1.82) is 0 Å². The molecule has 1 aliphatic heterocycles. The molecule has 1 atom stereocenters. The number of rotatable bonds is 8. The van der Waals surface area contributed by atoms with E-state index >= 15 is 0 Å². The Morgan fingerprint density at radius 3 is 2.23 bits per heavy atom. The van der Waals surface area contributed by atoms with Gasteiger partial charge in [0.1, 0.15) is 11.5 Å². The molecule has 1 heterocycles. The van der Waals surface area contributed by atoms with Crippen LogP contribution in [0, 0.1) is 6.92 Å². The summed E-state index contributed by atoms with van der Waals surface area (Å²) in [4.78, 5) is 38.0. The summed E-state index contributed by atoms with van der Waals surface area (Å²) in [6.07, 6.45) is -7.64. The Morgan fingerprint density at radius 1 is 0.977 bits per heavy atom. The zero-order valence-electron chi connectivity index (χ0n) is 22.5. The summed E-state index contributed by atoms with van der Waals surface area (Å²) < 4.78 is 105. The maximum atomic E-state index is 14.4. The van der Waals surface area contributed by atoms with Gasteiger partial charge in [0.25, 0.3) is 11.8 Å². The molecule has 238 valence electrons. The number of alkyl halides is 7. The molecule has 3 aliphatic carbocycles. The molecule has 44 heavy (non-hydrogen) atoms. The van der Waals surface area contributed by atoms with Crippen molar-refractivity contribution < 1.29 is 54.6 Å². The third kappa shape index (κ3) is 5.48. The van der Waals surface area contributed by atoms with Crippen molar-refractivity contribution in [2.45, 2.75) is 61.4 Å². The van der Waals surface area contributed by atoms with Crippen LogP contribution in [-0.2, 0) is 14.4 Å². The van der Waals surface area contributed by atoms with E-state index in [9.17, 15) is 45.1 Å². The molecule has 0 spiro atoms. The second-order valence-corrected chi connectivity index (χ2v) is 12.0. The lowest BCUT2D eigenvalue weighted by molar-refractivity contribution is -0.343. The normalized spacial score (nSPS) is 24.2. The van der Waals surface area contributed by atoms with Crippen LogP contribution in [0.2, 0.25) is 10.0 Å². The first-order chi connectivity index (χ1) is 20.3. The van der Waals surface area contributed by atoms with Crippen LogP contribution in [0.4, 0.5) is 36.4 Å². The number of halogens is 9. The highest BCUT2D eigenvalue weighted by atomic mass is 35.5. The van der Waals surface area contributed by atoms with Gasteiger partial charge < -0.3 is 20.1 Å². The Kier molecular flexibility index (Phi) is 7.68. The van der Waals surface area contributed by atoms with E-state index < -0.39 is 70.9 Å². The smallest absolute Gasteiger partial charge is 0.460 e. The number of carbonyl (C=O) groups excluding carboxylic acids is 3. The van der Waals surface area contributed by atoms with Gasteiger partial charge in [-0.2, -0.15) is 30.7 Å². The molecule has 2 aromatic carbocycles. The minimum Gasteiger partial charge on any atom is -0.484 e. The fourth-order valence-corrected chi connectivity index (χ4v) is 5.93. The van der Waals surface area contributed by atoms with Crippen LogP contribution in [0.15, 0.2) is 36.4 Å². The predicted molar refractivity (Wildman–Crippen MR) is 141 cm³/mol. The predicted octanol–water partition coefficient (Wildman–Crippen LogP) is 5.22. The summed E-state index contributed by atoms with van der Waals surface area (Å²) in [5.41, 5.74) is -1.30. The van der Waals surface area contributed by atoms with Crippen molar-refractivity contribution in [1.82, 2.24) is 10.6 Å². The highest BCUT2D eigenvalue weighted by molar-refractivity contribution is 6.31. The van der Waals surface area contributed by atoms with Crippen LogP contribution in [0.1, 0.15) is 24.8 Å². The van der Waals surface area contributed by atoms with E-state index in [-0.39, 0.29) is 35.8 Å². The number of nitrogens with one attached hydrogen (secondary N) is 2. The minimum absolute atomic E-state index is 0.0689. The summed E-state index contributed by atoms with van der Waals surface area (Å²) in [7, 11) is 0. The lowest BCUT2D eigenvalue weighted by atomic mass is 9.44. The van der Waals surface area contributed by atoms with Crippen molar-refractivity contribution in [2.75, 3.05) is 18.1 Å². The Balaban J connectivity index is 1.22. The van der Waals surface area contributed by atoms with Crippen LogP contribution < -0.4 is 25.0 Å². The fraction of sp³-hybridized carbons (Fsp3) is 0.444. The standard InChI is InChI=1S/C27H22Cl2F7N3O5/c1-13-6-15(3-4-16(13)29)43-9-20(40)37-23-10-24(11-23,12-23)38-21(41)19-8-39(17-7-14(28)2-5-18(17)44-19)22(42)25(30,31)26(32,33)27(34,35)36/h2-7,19H,8-12H2,1H3,(H,37,40)(H,38,41). The Labute approximate surface area is 254 Å². The molecule has 0 aromatic heterocycles. The maximum Gasteiger partial charge on any atom is 0.460 e. The third-order valence-electron chi connectivity index (χ3n) is 7.71. The van der Waals surface area contributed by atoms with Crippen LogP contribution >= 0.6 is 23.2 Å². The Hall–Kier alpha value is -3.46. The van der Waals surface area contributed by atoms with E-state index in [4.69, 9.17) is 32.7 Å².